The van der Waals surface area contributed by atoms with Crippen molar-refractivity contribution in [1.29, 1.82) is 5.26 Å². The average molecular weight is 452 g/mol. The summed E-state index contributed by atoms with van der Waals surface area (Å²) >= 11 is 1.38. The van der Waals surface area contributed by atoms with Crippen molar-refractivity contribution in [2.24, 2.45) is 0 Å². The molecule has 0 aliphatic carbocycles. The highest BCUT2D eigenvalue weighted by Gasteiger charge is 2.20. The summed E-state index contributed by atoms with van der Waals surface area (Å²) in [6, 6.07) is 14.0. The third-order valence-electron chi connectivity index (χ3n) is 4.49. The molecule has 9 heteroatoms. The first-order chi connectivity index (χ1) is 15.4. The molecule has 0 saturated heterocycles. The topological polar surface area (TPSA) is 111 Å². The smallest absolute Gasteiger partial charge is 0.312 e. The second kappa shape index (κ2) is 10.4. The van der Waals surface area contributed by atoms with E-state index in [9.17, 15) is 9.59 Å². The van der Waals surface area contributed by atoms with Crippen LogP contribution in [0.1, 0.15) is 18.2 Å². The maximum Gasteiger partial charge on any atom is 0.312 e. The Hall–Kier alpha value is -3.90. The maximum absolute atomic E-state index is 12.3. The predicted octanol–water partition coefficient (Wildman–Crippen LogP) is 3.81. The Morgan fingerprint density at radius 1 is 1.16 bits per heavy atom. The number of esters is 1. The van der Waals surface area contributed by atoms with E-state index in [2.05, 4.69) is 10.3 Å². The summed E-state index contributed by atoms with van der Waals surface area (Å²) < 4.78 is 15.8. The number of aromatic nitrogens is 1. The molecule has 164 valence electrons. The molecule has 32 heavy (non-hydrogen) atoms. The molecule has 0 aliphatic heterocycles. The number of carbonyl (C=O) groups is 2. The minimum absolute atomic E-state index is 0.0732. The summed E-state index contributed by atoms with van der Waals surface area (Å²) in [6.07, 6.45) is -1.10. The van der Waals surface area contributed by atoms with Crippen LogP contribution >= 0.6 is 11.3 Å². The lowest BCUT2D eigenvalue weighted by Crippen LogP contribution is -2.30. The van der Waals surface area contributed by atoms with Crippen molar-refractivity contribution in [1.82, 2.24) is 4.98 Å². The van der Waals surface area contributed by atoms with Crippen molar-refractivity contribution >= 4 is 28.9 Å². The van der Waals surface area contributed by atoms with Gasteiger partial charge in [0.15, 0.2) is 17.6 Å². The van der Waals surface area contributed by atoms with E-state index in [1.165, 1.54) is 18.3 Å². The minimum atomic E-state index is -1.03. The molecule has 0 saturated carbocycles. The van der Waals surface area contributed by atoms with E-state index in [0.29, 0.717) is 33.5 Å². The van der Waals surface area contributed by atoms with Crippen molar-refractivity contribution in [3.8, 4) is 28.1 Å². The molecule has 0 bridgehead atoms. The standard InChI is InChI=1S/C23H21N3O5S/c1-14(22(28)26-18-7-5-4-6-16(18)12-24)31-21(27)11-17-13-32-23(25-17)15-8-9-19(29-2)20(10-15)30-3/h4-10,13-14H,11H2,1-3H3,(H,26,28). The fourth-order valence-corrected chi connectivity index (χ4v) is 3.67. The highest BCUT2D eigenvalue weighted by atomic mass is 32.1. The van der Waals surface area contributed by atoms with Gasteiger partial charge in [-0.2, -0.15) is 5.26 Å². The summed E-state index contributed by atoms with van der Waals surface area (Å²) in [4.78, 5) is 29.1. The molecule has 1 heterocycles. The molecule has 1 N–H and O–H groups in total. The molecule has 1 aromatic heterocycles. The largest absolute Gasteiger partial charge is 0.493 e. The zero-order valence-corrected chi connectivity index (χ0v) is 18.6. The number of nitrogens with one attached hydrogen (secondary N) is 1. The maximum atomic E-state index is 12.3. The van der Waals surface area contributed by atoms with E-state index in [4.69, 9.17) is 19.5 Å². The number of nitrogens with zero attached hydrogens (tertiary/aromatic N) is 2. The van der Waals surface area contributed by atoms with Crippen LogP contribution in [0.25, 0.3) is 10.6 Å². The molecule has 3 aromatic rings. The Balaban J connectivity index is 1.60. The Labute approximate surface area is 189 Å². The van der Waals surface area contributed by atoms with Crippen LogP contribution in [0, 0.1) is 11.3 Å². The van der Waals surface area contributed by atoms with E-state index in [1.807, 2.05) is 18.2 Å². The summed E-state index contributed by atoms with van der Waals surface area (Å²) in [6.45, 7) is 1.47. The number of nitriles is 1. The van der Waals surface area contributed by atoms with Crippen LogP contribution in [-0.4, -0.2) is 37.2 Å². The van der Waals surface area contributed by atoms with Gasteiger partial charge in [0.1, 0.15) is 11.1 Å². The molecule has 0 radical (unpaired) electrons. The van der Waals surface area contributed by atoms with Gasteiger partial charge in [0.25, 0.3) is 5.91 Å². The van der Waals surface area contributed by atoms with Gasteiger partial charge in [0, 0.05) is 10.9 Å². The molecule has 0 aliphatic rings. The summed E-state index contributed by atoms with van der Waals surface area (Å²) in [5, 5.41) is 14.2. The molecular weight excluding hydrogens is 430 g/mol. The zero-order valence-electron chi connectivity index (χ0n) is 17.7. The van der Waals surface area contributed by atoms with Crippen LogP contribution in [-0.2, 0) is 20.7 Å². The summed E-state index contributed by atoms with van der Waals surface area (Å²) in [7, 11) is 3.12. The van der Waals surface area contributed by atoms with E-state index in [1.54, 1.807) is 49.9 Å². The zero-order chi connectivity index (χ0) is 23.1. The fraction of sp³-hybridized carbons (Fsp3) is 0.217. The first-order valence-corrected chi connectivity index (χ1v) is 10.5. The molecule has 3 rings (SSSR count). The first-order valence-electron chi connectivity index (χ1n) is 9.61. The molecular formula is C23H21N3O5S. The average Bonchev–Trinajstić information content (AvgIpc) is 3.27. The normalized spacial score (nSPS) is 11.2. The van der Waals surface area contributed by atoms with Gasteiger partial charge >= 0.3 is 5.97 Å². The van der Waals surface area contributed by atoms with Gasteiger partial charge in [0.05, 0.1) is 37.6 Å². The minimum Gasteiger partial charge on any atom is -0.493 e. The summed E-state index contributed by atoms with van der Waals surface area (Å²) in [5.41, 5.74) is 2.05. The Morgan fingerprint density at radius 2 is 1.91 bits per heavy atom. The number of rotatable bonds is 8. The summed E-state index contributed by atoms with van der Waals surface area (Å²) in [5.74, 6) is 0.0935. The van der Waals surface area contributed by atoms with Crippen LogP contribution in [0.3, 0.4) is 0 Å². The van der Waals surface area contributed by atoms with Gasteiger partial charge in [-0.1, -0.05) is 12.1 Å². The van der Waals surface area contributed by atoms with Crippen LogP contribution in [0.5, 0.6) is 11.5 Å². The second-order valence-electron chi connectivity index (χ2n) is 6.67. The number of anilines is 1. The molecule has 2 aromatic carbocycles. The Bertz CT molecular complexity index is 1170. The third-order valence-corrected chi connectivity index (χ3v) is 5.43. The lowest BCUT2D eigenvalue weighted by atomic mass is 10.2. The SMILES string of the molecule is COc1ccc(-c2nc(CC(=O)OC(C)C(=O)Nc3ccccc3C#N)cs2)cc1OC. The molecule has 1 amide bonds. The van der Waals surface area contributed by atoms with Crippen molar-refractivity contribution in [3.63, 3.8) is 0 Å². The Morgan fingerprint density at radius 3 is 2.62 bits per heavy atom. The van der Waals surface area contributed by atoms with Crippen molar-refractivity contribution in [2.45, 2.75) is 19.4 Å². The molecule has 0 spiro atoms. The number of ether oxygens (including phenoxy) is 3. The van der Waals surface area contributed by atoms with Crippen LogP contribution in [0.4, 0.5) is 5.69 Å². The number of amides is 1. The lowest BCUT2D eigenvalue weighted by Gasteiger charge is -2.13. The highest BCUT2D eigenvalue weighted by molar-refractivity contribution is 7.13. The highest BCUT2D eigenvalue weighted by Crippen LogP contribution is 2.33. The molecule has 8 nitrogen and oxygen atoms in total. The third kappa shape index (κ3) is 5.42. The monoisotopic (exact) mass is 451 g/mol. The van der Waals surface area contributed by atoms with E-state index >= 15 is 0 Å². The fourth-order valence-electron chi connectivity index (χ4n) is 2.85. The molecule has 1 unspecified atom stereocenters. The van der Waals surface area contributed by atoms with Crippen molar-refractivity contribution < 1.29 is 23.8 Å². The Kier molecular flexibility index (Phi) is 7.41. The van der Waals surface area contributed by atoms with Gasteiger partial charge < -0.3 is 19.5 Å². The van der Waals surface area contributed by atoms with Gasteiger partial charge in [-0.25, -0.2) is 4.98 Å². The number of hydrogen-bond acceptors (Lipinski definition) is 8. The lowest BCUT2D eigenvalue weighted by molar-refractivity contribution is -0.152. The van der Waals surface area contributed by atoms with Crippen LogP contribution in [0.15, 0.2) is 47.8 Å². The van der Waals surface area contributed by atoms with E-state index in [-0.39, 0.29) is 6.42 Å². The van der Waals surface area contributed by atoms with Crippen molar-refractivity contribution in [3.05, 3.63) is 59.1 Å². The molecule has 1 atom stereocenters. The van der Waals surface area contributed by atoms with Gasteiger partial charge in [-0.05, 0) is 37.3 Å². The van der Waals surface area contributed by atoms with Crippen LogP contribution < -0.4 is 14.8 Å². The van der Waals surface area contributed by atoms with Gasteiger partial charge in [-0.15, -0.1) is 11.3 Å². The van der Waals surface area contributed by atoms with E-state index < -0.39 is 18.0 Å². The van der Waals surface area contributed by atoms with Gasteiger partial charge in [-0.3, -0.25) is 9.59 Å². The van der Waals surface area contributed by atoms with E-state index in [0.717, 1.165) is 5.56 Å². The first kappa shape index (κ1) is 22.8. The number of thiazole rings is 1. The van der Waals surface area contributed by atoms with Crippen molar-refractivity contribution in [2.75, 3.05) is 19.5 Å². The molecule has 0 fully saturated rings. The number of benzene rings is 2. The van der Waals surface area contributed by atoms with Crippen LogP contribution in [0.2, 0.25) is 0 Å². The number of para-hydroxylation sites is 1. The predicted molar refractivity (Wildman–Crippen MR) is 120 cm³/mol. The van der Waals surface area contributed by atoms with Gasteiger partial charge in [0.2, 0.25) is 0 Å². The number of hydrogen-bond donors (Lipinski definition) is 1. The number of methoxy groups -OCH3 is 2. The second-order valence-corrected chi connectivity index (χ2v) is 7.53. The quantitative estimate of drug-likeness (QED) is 0.519. The number of carbonyl (C=O) groups excluding carboxylic acids is 2.